The smallest absolute Gasteiger partial charge is 0.164 e. The van der Waals surface area contributed by atoms with Crippen LogP contribution in [0.1, 0.15) is 52.7 Å². The summed E-state index contributed by atoms with van der Waals surface area (Å²) in [5.74, 6) is 1.83. The van der Waals surface area contributed by atoms with Gasteiger partial charge in [-0.15, -0.1) is 0 Å². The average Bonchev–Trinajstić information content (AvgIpc) is 3.94. The maximum atomic E-state index is 7.16. The molecule has 9 aromatic carbocycles. The first-order valence-corrected chi connectivity index (χ1v) is 24.2. The molecule has 338 valence electrons. The molecule has 0 saturated heterocycles. The number of benzene rings is 9. The molecule has 3 aromatic heterocycles. The summed E-state index contributed by atoms with van der Waals surface area (Å²) in [6.45, 7) is 13.6. The van der Waals surface area contributed by atoms with Crippen molar-refractivity contribution in [1.29, 1.82) is 0 Å². The van der Waals surface area contributed by atoms with Crippen LogP contribution in [0.25, 0.3) is 117 Å². The molecular weight excluding hydrogens is 853 g/mol. The number of nitrogens with zero attached hydrogens (tertiary/aromatic N) is 4. The molecule has 0 aliphatic heterocycles. The molecule has 5 heteroatoms. The summed E-state index contributed by atoms with van der Waals surface area (Å²) < 4.78 is 9.63. The third-order valence-corrected chi connectivity index (χ3v) is 13.8. The van der Waals surface area contributed by atoms with Crippen molar-refractivity contribution in [2.75, 3.05) is 0 Å². The van der Waals surface area contributed by atoms with E-state index in [4.69, 9.17) is 19.4 Å². The molecule has 0 aliphatic rings. The summed E-state index contributed by atoms with van der Waals surface area (Å²) in [4.78, 5) is 15.7. The van der Waals surface area contributed by atoms with Crippen LogP contribution in [-0.2, 0) is 10.8 Å². The van der Waals surface area contributed by atoms with Gasteiger partial charge in [0.25, 0.3) is 0 Å². The topological polar surface area (TPSA) is 56.7 Å². The lowest BCUT2D eigenvalue weighted by Gasteiger charge is -2.23. The van der Waals surface area contributed by atoms with Gasteiger partial charge >= 0.3 is 0 Å². The van der Waals surface area contributed by atoms with E-state index in [1.54, 1.807) is 0 Å². The molecule has 12 aromatic rings. The highest BCUT2D eigenvalue weighted by atomic mass is 16.3. The molecule has 0 unspecified atom stereocenters. The number of fused-ring (bicyclic) bond motifs is 7. The summed E-state index contributed by atoms with van der Waals surface area (Å²) in [6.07, 6.45) is 0. The molecule has 70 heavy (non-hydrogen) atoms. The fourth-order valence-electron chi connectivity index (χ4n) is 10.1. The lowest BCUT2D eigenvalue weighted by Crippen LogP contribution is -2.11. The minimum absolute atomic E-state index is 0.0269. The van der Waals surface area contributed by atoms with E-state index in [1.165, 1.54) is 11.1 Å². The Bertz CT molecular complexity index is 3770. The molecule has 0 amide bonds. The van der Waals surface area contributed by atoms with Gasteiger partial charge in [0, 0.05) is 49.5 Å². The fraction of sp³-hybridized carbons (Fsp3) is 0.123. The van der Waals surface area contributed by atoms with E-state index in [0.717, 1.165) is 99.5 Å². The van der Waals surface area contributed by atoms with Crippen LogP contribution < -0.4 is 0 Å². The van der Waals surface area contributed by atoms with Gasteiger partial charge in [-0.1, -0.05) is 217 Å². The van der Waals surface area contributed by atoms with Crippen LogP contribution in [-0.4, -0.2) is 19.5 Å². The van der Waals surface area contributed by atoms with Crippen LogP contribution in [0.2, 0.25) is 0 Å². The lowest BCUT2D eigenvalue weighted by molar-refractivity contribution is 0.590. The summed E-state index contributed by atoms with van der Waals surface area (Å²) in [6, 6.07) is 73.6. The van der Waals surface area contributed by atoms with Gasteiger partial charge in [-0.2, -0.15) is 0 Å². The first-order valence-electron chi connectivity index (χ1n) is 24.2. The molecule has 0 bridgehead atoms. The summed E-state index contributed by atoms with van der Waals surface area (Å²) in [7, 11) is 0. The Morgan fingerprint density at radius 3 is 1.31 bits per heavy atom. The highest BCUT2D eigenvalue weighted by molar-refractivity contribution is 6.25. The Labute approximate surface area is 408 Å². The van der Waals surface area contributed by atoms with E-state index in [1.807, 2.05) is 36.4 Å². The Morgan fingerprint density at radius 2 is 0.786 bits per heavy atom. The zero-order chi connectivity index (χ0) is 47.7. The molecule has 3 heterocycles. The van der Waals surface area contributed by atoms with Gasteiger partial charge in [0.1, 0.15) is 11.2 Å². The number of hydrogen-bond acceptors (Lipinski definition) is 4. The maximum Gasteiger partial charge on any atom is 0.164 e. The van der Waals surface area contributed by atoms with Crippen molar-refractivity contribution in [1.82, 2.24) is 19.5 Å². The number of rotatable bonds is 7. The first-order chi connectivity index (χ1) is 34.0. The molecule has 0 spiro atoms. The monoisotopic (exact) mass is 904 g/mol. The van der Waals surface area contributed by atoms with Gasteiger partial charge < -0.3 is 8.98 Å². The minimum Gasteiger partial charge on any atom is -0.455 e. The molecule has 0 radical (unpaired) electrons. The van der Waals surface area contributed by atoms with Crippen molar-refractivity contribution < 1.29 is 4.42 Å². The molecule has 5 nitrogen and oxygen atoms in total. The van der Waals surface area contributed by atoms with Gasteiger partial charge in [-0.05, 0) is 69.0 Å². The van der Waals surface area contributed by atoms with Crippen LogP contribution in [0, 0.1) is 0 Å². The Morgan fingerprint density at radius 1 is 0.343 bits per heavy atom. The summed E-state index contributed by atoms with van der Waals surface area (Å²) >= 11 is 0. The van der Waals surface area contributed by atoms with Crippen LogP contribution in [0.5, 0.6) is 0 Å². The van der Waals surface area contributed by atoms with Crippen molar-refractivity contribution >= 4 is 43.7 Å². The molecule has 12 rings (SSSR count). The second-order valence-electron chi connectivity index (χ2n) is 20.5. The third kappa shape index (κ3) is 7.46. The molecule has 0 atom stereocenters. The van der Waals surface area contributed by atoms with Gasteiger partial charge in [-0.3, -0.25) is 0 Å². The SMILES string of the molecule is CC(C)(C)c1ccc(-c2cc(-c3nc(-c4ccccc4)nc(-c4ccccc4)n3)cc(-c3ccc(C(C)(C)C)cc3)c2-n2c3ccccc3c3c4oc5c(-c6ccccc6)cccc5c4ccc32)cc1. The standard InChI is InChI=1S/C65H52N4O/c1-64(2,3)47-33-29-42(30-34-47)53-39-46(63-67-61(44-21-12-8-13-22-44)66-62(68-63)45-23-14-9-15-24-45)40-54(43-31-35-48(36-32-43)65(4,5)6)58(53)69-55-28-17-16-25-52(55)57-56(69)38-37-51-50-27-18-26-49(59(50)70-60(51)57)41-19-10-7-11-20-41/h7-40H,1-6H3. The van der Waals surface area contributed by atoms with Crippen molar-refractivity contribution in [3.8, 4) is 73.2 Å². The zero-order valence-corrected chi connectivity index (χ0v) is 40.3. The number of para-hydroxylation sites is 2. The molecule has 0 aliphatic carbocycles. The largest absolute Gasteiger partial charge is 0.455 e. The minimum atomic E-state index is -0.0269. The Balaban J connectivity index is 1.20. The van der Waals surface area contributed by atoms with Crippen LogP contribution >= 0.6 is 0 Å². The normalized spacial score (nSPS) is 12.1. The van der Waals surface area contributed by atoms with E-state index in [0.29, 0.717) is 17.5 Å². The average molecular weight is 905 g/mol. The molecule has 0 N–H and O–H groups in total. The summed E-state index contributed by atoms with van der Waals surface area (Å²) in [5.41, 5.74) is 16.7. The van der Waals surface area contributed by atoms with E-state index in [9.17, 15) is 0 Å². The number of furan rings is 1. The number of aromatic nitrogens is 4. The highest BCUT2D eigenvalue weighted by Crippen LogP contribution is 2.47. The van der Waals surface area contributed by atoms with Crippen LogP contribution in [0.3, 0.4) is 0 Å². The first kappa shape index (κ1) is 42.9. The summed E-state index contributed by atoms with van der Waals surface area (Å²) in [5, 5.41) is 4.38. The van der Waals surface area contributed by atoms with Crippen molar-refractivity contribution in [3.63, 3.8) is 0 Å². The van der Waals surface area contributed by atoms with Gasteiger partial charge in [-0.25, -0.2) is 15.0 Å². The van der Waals surface area contributed by atoms with Crippen LogP contribution in [0.15, 0.2) is 211 Å². The molecular formula is C65H52N4O. The van der Waals surface area contributed by atoms with Crippen molar-refractivity contribution in [3.05, 3.63) is 217 Å². The Kier molecular flexibility index (Phi) is 10.2. The Hall–Kier alpha value is -8.41. The van der Waals surface area contributed by atoms with Gasteiger partial charge in [0.15, 0.2) is 17.5 Å². The predicted molar refractivity (Wildman–Crippen MR) is 291 cm³/mol. The predicted octanol–water partition coefficient (Wildman–Crippen LogP) is 17.5. The van der Waals surface area contributed by atoms with Crippen molar-refractivity contribution in [2.24, 2.45) is 0 Å². The third-order valence-electron chi connectivity index (χ3n) is 13.8. The second-order valence-corrected chi connectivity index (χ2v) is 20.5. The van der Waals surface area contributed by atoms with E-state index < -0.39 is 0 Å². The zero-order valence-electron chi connectivity index (χ0n) is 40.3. The van der Waals surface area contributed by atoms with E-state index in [-0.39, 0.29) is 10.8 Å². The van der Waals surface area contributed by atoms with Crippen molar-refractivity contribution in [2.45, 2.75) is 52.4 Å². The quantitative estimate of drug-likeness (QED) is 0.160. The molecule has 0 saturated carbocycles. The van der Waals surface area contributed by atoms with E-state index >= 15 is 0 Å². The second kappa shape index (κ2) is 16.7. The molecule has 0 fully saturated rings. The van der Waals surface area contributed by atoms with Gasteiger partial charge in [0.2, 0.25) is 0 Å². The highest BCUT2D eigenvalue weighted by Gasteiger charge is 2.26. The maximum absolute atomic E-state index is 7.16. The number of hydrogen-bond donors (Lipinski definition) is 0. The lowest BCUT2D eigenvalue weighted by atomic mass is 9.84. The van der Waals surface area contributed by atoms with Crippen LogP contribution in [0.4, 0.5) is 0 Å². The fourth-order valence-corrected chi connectivity index (χ4v) is 10.1. The van der Waals surface area contributed by atoms with Gasteiger partial charge in [0.05, 0.1) is 22.1 Å². The van der Waals surface area contributed by atoms with E-state index in [2.05, 4.69) is 216 Å².